The first-order valence-electron chi connectivity index (χ1n) is 5.91. The Labute approximate surface area is 120 Å². The van der Waals surface area contributed by atoms with Crippen LogP contribution in [-0.2, 0) is 4.79 Å². The van der Waals surface area contributed by atoms with Gasteiger partial charge >= 0.3 is 12.0 Å². The molecule has 0 saturated carbocycles. The smallest absolute Gasteiger partial charge is 0.319 e. The largest absolute Gasteiger partial charge is 0.481 e. The Bertz CT molecular complexity index is 461. The fourth-order valence-corrected chi connectivity index (χ4v) is 1.60. The molecular formula is C13H17BrN2O3. The van der Waals surface area contributed by atoms with Gasteiger partial charge in [-0.05, 0) is 37.6 Å². The molecule has 1 aromatic carbocycles. The summed E-state index contributed by atoms with van der Waals surface area (Å²) in [6.07, 6.45) is 0.445. The van der Waals surface area contributed by atoms with Crippen LogP contribution >= 0.6 is 15.9 Å². The number of carboxylic acid groups (broad SMARTS) is 1. The first-order valence-corrected chi connectivity index (χ1v) is 6.70. The molecule has 1 aromatic rings. The third-order valence-corrected chi connectivity index (χ3v) is 3.57. The lowest BCUT2D eigenvalue weighted by Crippen LogP contribution is -2.42. The van der Waals surface area contributed by atoms with E-state index in [1.54, 1.807) is 26.0 Å². The van der Waals surface area contributed by atoms with E-state index in [-0.39, 0.29) is 6.54 Å². The number of halogens is 1. The fraction of sp³-hybridized carbons (Fsp3) is 0.385. The summed E-state index contributed by atoms with van der Waals surface area (Å²) in [4.78, 5) is 22.7. The van der Waals surface area contributed by atoms with E-state index in [0.717, 1.165) is 4.47 Å². The van der Waals surface area contributed by atoms with Crippen LogP contribution in [0.5, 0.6) is 0 Å². The lowest BCUT2D eigenvalue weighted by atomic mass is 9.88. The number of hydrogen-bond donors (Lipinski definition) is 3. The summed E-state index contributed by atoms with van der Waals surface area (Å²) in [5.41, 5.74) is -0.300. The molecule has 5 nitrogen and oxygen atoms in total. The van der Waals surface area contributed by atoms with Crippen LogP contribution in [0, 0.1) is 5.41 Å². The van der Waals surface area contributed by atoms with Gasteiger partial charge in [-0.3, -0.25) is 4.79 Å². The fourth-order valence-electron chi connectivity index (χ4n) is 1.34. The van der Waals surface area contributed by atoms with Crippen LogP contribution in [0.1, 0.15) is 20.3 Å². The number of anilines is 1. The molecule has 1 atom stereocenters. The summed E-state index contributed by atoms with van der Waals surface area (Å²) < 4.78 is 0.919. The van der Waals surface area contributed by atoms with E-state index in [0.29, 0.717) is 12.1 Å². The van der Waals surface area contributed by atoms with Gasteiger partial charge in [-0.25, -0.2) is 4.79 Å². The summed E-state index contributed by atoms with van der Waals surface area (Å²) >= 11 is 3.30. The molecule has 0 fully saturated rings. The third kappa shape index (κ3) is 4.55. The van der Waals surface area contributed by atoms with Crippen molar-refractivity contribution in [2.45, 2.75) is 20.3 Å². The van der Waals surface area contributed by atoms with Crippen LogP contribution in [0.3, 0.4) is 0 Å². The van der Waals surface area contributed by atoms with Crippen molar-refractivity contribution >= 4 is 33.6 Å². The molecule has 0 bridgehead atoms. The highest BCUT2D eigenvalue weighted by molar-refractivity contribution is 9.10. The molecule has 2 amide bonds. The van der Waals surface area contributed by atoms with Gasteiger partial charge in [0.2, 0.25) is 0 Å². The number of hydrogen-bond acceptors (Lipinski definition) is 2. The second-order valence-electron chi connectivity index (χ2n) is 4.53. The summed E-state index contributed by atoms with van der Waals surface area (Å²) in [5, 5.41) is 14.3. The van der Waals surface area contributed by atoms with Crippen LogP contribution in [0.4, 0.5) is 10.5 Å². The highest BCUT2D eigenvalue weighted by Crippen LogP contribution is 2.20. The zero-order valence-electron chi connectivity index (χ0n) is 10.9. The van der Waals surface area contributed by atoms with Gasteiger partial charge in [0, 0.05) is 16.7 Å². The van der Waals surface area contributed by atoms with Crippen molar-refractivity contribution in [1.29, 1.82) is 0 Å². The predicted molar refractivity (Wildman–Crippen MR) is 77.2 cm³/mol. The summed E-state index contributed by atoms with van der Waals surface area (Å²) in [7, 11) is 0. The third-order valence-electron chi connectivity index (χ3n) is 3.04. The van der Waals surface area contributed by atoms with Gasteiger partial charge in [0.15, 0.2) is 0 Å². The van der Waals surface area contributed by atoms with Gasteiger partial charge in [-0.2, -0.15) is 0 Å². The molecule has 0 aliphatic heterocycles. The van der Waals surface area contributed by atoms with Crippen LogP contribution in [0.25, 0.3) is 0 Å². The number of benzene rings is 1. The molecule has 19 heavy (non-hydrogen) atoms. The number of rotatable bonds is 5. The van der Waals surface area contributed by atoms with Gasteiger partial charge in [0.25, 0.3) is 0 Å². The topological polar surface area (TPSA) is 78.4 Å². The molecule has 0 aromatic heterocycles. The van der Waals surface area contributed by atoms with Gasteiger partial charge in [0.1, 0.15) is 0 Å². The van der Waals surface area contributed by atoms with Gasteiger partial charge in [-0.15, -0.1) is 0 Å². The molecule has 0 radical (unpaired) electrons. The monoisotopic (exact) mass is 328 g/mol. The average molecular weight is 329 g/mol. The number of carbonyl (C=O) groups is 2. The molecule has 0 aliphatic carbocycles. The predicted octanol–water partition coefficient (Wildman–Crippen LogP) is 3.07. The highest BCUT2D eigenvalue weighted by atomic mass is 79.9. The standard InChI is InChI=1S/C13H17BrN2O3/c1-3-13(2,11(17)18)8-15-12(19)16-10-6-4-9(14)5-7-10/h4-7H,3,8H2,1-2H3,(H,17,18)(H2,15,16,19). The lowest BCUT2D eigenvalue weighted by molar-refractivity contribution is -0.147. The maximum atomic E-state index is 11.7. The number of amides is 2. The van der Waals surface area contributed by atoms with E-state index in [1.165, 1.54) is 0 Å². The van der Waals surface area contributed by atoms with Crippen molar-refractivity contribution in [3.8, 4) is 0 Å². The van der Waals surface area contributed by atoms with E-state index in [9.17, 15) is 9.59 Å². The second-order valence-corrected chi connectivity index (χ2v) is 5.45. The minimum Gasteiger partial charge on any atom is -0.481 e. The number of nitrogens with one attached hydrogen (secondary N) is 2. The van der Waals surface area contributed by atoms with Crippen molar-refractivity contribution in [1.82, 2.24) is 5.32 Å². The van der Waals surface area contributed by atoms with Crippen molar-refractivity contribution in [3.05, 3.63) is 28.7 Å². The van der Waals surface area contributed by atoms with Gasteiger partial charge < -0.3 is 15.7 Å². The van der Waals surface area contributed by atoms with Crippen LogP contribution in [0.15, 0.2) is 28.7 Å². The zero-order chi connectivity index (χ0) is 14.5. The molecule has 1 rings (SSSR count). The van der Waals surface area contributed by atoms with E-state index in [1.807, 2.05) is 12.1 Å². The minimum absolute atomic E-state index is 0.0845. The lowest BCUT2D eigenvalue weighted by Gasteiger charge is -2.23. The van der Waals surface area contributed by atoms with Crippen molar-refractivity contribution in [2.24, 2.45) is 5.41 Å². The Morgan fingerprint density at radius 1 is 1.32 bits per heavy atom. The molecule has 0 spiro atoms. The van der Waals surface area contributed by atoms with Gasteiger partial charge in [-0.1, -0.05) is 22.9 Å². The molecule has 0 saturated heterocycles. The number of carbonyl (C=O) groups excluding carboxylic acids is 1. The zero-order valence-corrected chi connectivity index (χ0v) is 12.5. The maximum absolute atomic E-state index is 11.7. The SMILES string of the molecule is CCC(C)(CNC(=O)Nc1ccc(Br)cc1)C(=O)O. The van der Waals surface area contributed by atoms with Crippen molar-refractivity contribution in [2.75, 3.05) is 11.9 Å². The van der Waals surface area contributed by atoms with Crippen molar-refractivity contribution < 1.29 is 14.7 Å². The summed E-state index contributed by atoms with van der Waals surface area (Å²) in [6.45, 7) is 3.47. The Balaban J connectivity index is 2.52. The molecule has 1 unspecified atom stereocenters. The molecular weight excluding hydrogens is 312 g/mol. The second kappa shape index (κ2) is 6.56. The Kier molecular flexibility index (Phi) is 5.35. The summed E-state index contributed by atoms with van der Waals surface area (Å²) in [5.74, 6) is -0.918. The quantitative estimate of drug-likeness (QED) is 0.777. The maximum Gasteiger partial charge on any atom is 0.319 e. The molecule has 0 heterocycles. The first-order chi connectivity index (χ1) is 8.87. The molecule has 104 valence electrons. The minimum atomic E-state index is -0.947. The summed E-state index contributed by atoms with van der Waals surface area (Å²) in [6, 6.07) is 6.70. The van der Waals surface area contributed by atoms with Crippen LogP contribution < -0.4 is 10.6 Å². The first kappa shape index (κ1) is 15.5. The molecule has 0 aliphatic rings. The normalized spacial score (nSPS) is 13.4. The number of carboxylic acids is 1. The Hall–Kier alpha value is -1.56. The van der Waals surface area contributed by atoms with E-state index < -0.39 is 17.4 Å². The van der Waals surface area contributed by atoms with E-state index in [4.69, 9.17) is 5.11 Å². The number of urea groups is 1. The van der Waals surface area contributed by atoms with Crippen LogP contribution in [0.2, 0.25) is 0 Å². The molecule has 3 N–H and O–H groups in total. The van der Waals surface area contributed by atoms with Crippen LogP contribution in [-0.4, -0.2) is 23.7 Å². The van der Waals surface area contributed by atoms with Gasteiger partial charge in [0.05, 0.1) is 5.41 Å². The average Bonchev–Trinajstić information content (AvgIpc) is 2.38. The van der Waals surface area contributed by atoms with Crippen molar-refractivity contribution in [3.63, 3.8) is 0 Å². The number of aliphatic carboxylic acids is 1. The Morgan fingerprint density at radius 2 is 1.89 bits per heavy atom. The Morgan fingerprint density at radius 3 is 2.37 bits per heavy atom. The van der Waals surface area contributed by atoms with E-state index in [2.05, 4.69) is 26.6 Å². The van der Waals surface area contributed by atoms with E-state index >= 15 is 0 Å². The molecule has 6 heteroatoms. The highest BCUT2D eigenvalue weighted by Gasteiger charge is 2.31.